The number of carboxylic acids is 2. The smallest absolute Gasteiger partial charge is 0.326 e. The predicted molar refractivity (Wildman–Crippen MR) is 68.9 cm³/mol. The van der Waals surface area contributed by atoms with E-state index in [0.717, 1.165) is 0 Å². The fraction of sp³-hybridized carbons (Fsp3) is 0.750. The molecule has 0 aromatic heterocycles. The number of nitrogens with zero attached hydrogens (tertiary/aromatic N) is 1. The fourth-order valence-corrected chi connectivity index (χ4v) is 1.53. The minimum atomic E-state index is -1.42. The molecule has 0 bridgehead atoms. The van der Waals surface area contributed by atoms with Gasteiger partial charge >= 0.3 is 18.0 Å². The van der Waals surface area contributed by atoms with E-state index in [2.05, 4.69) is 5.32 Å². The van der Waals surface area contributed by atoms with Crippen LogP contribution >= 0.6 is 0 Å². The standard InChI is InChI=1S/C12H22N2O5/c1-7(2)6-14(8(3)4)12(19)13-9(11(17)18)5-10(15)16/h7-9H,5-6H2,1-4H3,(H,13,19)(H,15,16)(H,17,18). The van der Waals surface area contributed by atoms with Crippen molar-refractivity contribution in [1.29, 1.82) is 0 Å². The first-order valence-electron chi connectivity index (χ1n) is 6.16. The van der Waals surface area contributed by atoms with Crippen molar-refractivity contribution in [3.63, 3.8) is 0 Å². The van der Waals surface area contributed by atoms with Gasteiger partial charge in [-0.25, -0.2) is 9.59 Å². The van der Waals surface area contributed by atoms with Gasteiger partial charge in [0.15, 0.2) is 0 Å². The summed E-state index contributed by atoms with van der Waals surface area (Å²) < 4.78 is 0. The van der Waals surface area contributed by atoms with Gasteiger partial charge in [-0.3, -0.25) is 4.79 Å². The lowest BCUT2D eigenvalue weighted by molar-refractivity contribution is -0.145. The van der Waals surface area contributed by atoms with E-state index in [1.54, 1.807) is 0 Å². The molecule has 3 N–H and O–H groups in total. The minimum Gasteiger partial charge on any atom is -0.481 e. The zero-order chi connectivity index (χ0) is 15.2. The molecule has 0 aromatic carbocycles. The van der Waals surface area contributed by atoms with E-state index < -0.39 is 30.4 Å². The maximum atomic E-state index is 12.0. The van der Waals surface area contributed by atoms with Crippen LogP contribution in [-0.4, -0.2) is 51.7 Å². The summed E-state index contributed by atoms with van der Waals surface area (Å²) in [6.45, 7) is 7.98. The van der Waals surface area contributed by atoms with Crippen LogP contribution in [0.2, 0.25) is 0 Å². The van der Waals surface area contributed by atoms with Crippen molar-refractivity contribution in [2.45, 2.75) is 46.2 Å². The summed E-state index contributed by atoms with van der Waals surface area (Å²) in [5.74, 6) is -2.40. The molecule has 0 saturated carbocycles. The highest BCUT2D eigenvalue weighted by atomic mass is 16.4. The Morgan fingerprint density at radius 3 is 1.95 bits per heavy atom. The van der Waals surface area contributed by atoms with E-state index in [9.17, 15) is 14.4 Å². The lowest BCUT2D eigenvalue weighted by atomic mass is 10.2. The fourth-order valence-electron chi connectivity index (χ4n) is 1.53. The van der Waals surface area contributed by atoms with E-state index in [0.29, 0.717) is 6.54 Å². The molecule has 2 amide bonds. The van der Waals surface area contributed by atoms with Gasteiger partial charge in [-0.2, -0.15) is 0 Å². The highest BCUT2D eigenvalue weighted by Crippen LogP contribution is 2.06. The highest BCUT2D eigenvalue weighted by Gasteiger charge is 2.26. The third kappa shape index (κ3) is 6.64. The largest absolute Gasteiger partial charge is 0.481 e. The molecule has 1 unspecified atom stereocenters. The quantitative estimate of drug-likeness (QED) is 0.641. The van der Waals surface area contributed by atoms with Gasteiger partial charge < -0.3 is 20.4 Å². The second-order valence-electron chi connectivity index (χ2n) is 5.08. The van der Waals surface area contributed by atoms with Crippen LogP contribution < -0.4 is 5.32 Å². The molecule has 0 aliphatic rings. The van der Waals surface area contributed by atoms with Gasteiger partial charge in [-0.1, -0.05) is 13.8 Å². The maximum Gasteiger partial charge on any atom is 0.326 e. The summed E-state index contributed by atoms with van der Waals surface area (Å²) >= 11 is 0. The topological polar surface area (TPSA) is 107 Å². The van der Waals surface area contributed by atoms with Crippen molar-refractivity contribution in [2.75, 3.05) is 6.54 Å². The number of carboxylic acid groups (broad SMARTS) is 2. The number of rotatable bonds is 7. The number of carbonyl (C=O) groups is 3. The van der Waals surface area contributed by atoms with Gasteiger partial charge in [0.25, 0.3) is 0 Å². The van der Waals surface area contributed by atoms with Crippen molar-refractivity contribution in [1.82, 2.24) is 10.2 Å². The monoisotopic (exact) mass is 274 g/mol. The normalized spacial score (nSPS) is 12.3. The molecule has 0 spiro atoms. The minimum absolute atomic E-state index is 0.0957. The van der Waals surface area contributed by atoms with Gasteiger partial charge in [0.1, 0.15) is 6.04 Å². The van der Waals surface area contributed by atoms with Crippen LogP contribution in [-0.2, 0) is 9.59 Å². The lowest BCUT2D eigenvalue weighted by Gasteiger charge is -2.29. The Morgan fingerprint density at radius 1 is 1.11 bits per heavy atom. The van der Waals surface area contributed by atoms with Crippen molar-refractivity contribution in [3.05, 3.63) is 0 Å². The highest BCUT2D eigenvalue weighted by molar-refractivity contribution is 5.86. The summed E-state index contributed by atoms with van der Waals surface area (Å²) in [6, 6.07) is -2.07. The predicted octanol–water partition coefficient (Wildman–Crippen LogP) is 0.990. The van der Waals surface area contributed by atoms with Crippen LogP contribution in [0.1, 0.15) is 34.1 Å². The molecule has 0 aromatic rings. The zero-order valence-corrected chi connectivity index (χ0v) is 11.7. The second kappa shape index (κ2) is 7.60. The second-order valence-corrected chi connectivity index (χ2v) is 5.08. The molecule has 110 valence electrons. The van der Waals surface area contributed by atoms with Crippen molar-refractivity contribution < 1.29 is 24.6 Å². The van der Waals surface area contributed by atoms with Crippen LogP contribution in [0.5, 0.6) is 0 Å². The molecular formula is C12H22N2O5. The lowest BCUT2D eigenvalue weighted by Crippen LogP contribution is -2.51. The van der Waals surface area contributed by atoms with E-state index in [1.807, 2.05) is 27.7 Å². The summed E-state index contributed by atoms with van der Waals surface area (Å²) in [6.07, 6.45) is -0.644. The van der Waals surface area contributed by atoms with Crippen molar-refractivity contribution in [2.24, 2.45) is 5.92 Å². The maximum absolute atomic E-state index is 12.0. The first-order chi connectivity index (χ1) is 8.65. The molecular weight excluding hydrogens is 252 g/mol. The Bertz CT molecular complexity index is 341. The third-order valence-corrected chi connectivity index (χ3v) is 2.42. The van der Waals surface area contributed by atoms with E-state index in [1.165, 1.54) is 4.90 Å². The van der Waals surface area contributed by atoms with Crippen LogP contribution in [0, 0.1) is 5.92 Å². The number of amides is 2. The Balaban J connectivity index is 4.75. The van der Waals surface area contributed by atoms with Crippen molar-refractivity contribution >= 4 is 18.0 Å². The van der Waals surface area contributed by atoms with Crippen molar-refractivity contribution in [3.8, 4) is 0 Å². The number of nitrogens with one attached hydrogen (secondary N) is 1. The van der Waals surface area contributed by atoms with Gasteiger partial charge in [-0.05, 0) is 19.8 Å². The molecule has 0 fully saturated rings. The van der Waals surface area contributed by atoms with Crippen LogP contribution in [0.4, 0.5) is 4.79 Å². The summed E-state index contributed by atoms with van der Waals surface area (Å²) in [5.41, 5.74) is 0. The number of hydrogen-bond acceptors (Lipinski definition) is 3. The third-order valence-electron chi connectivity index (χ3n) is 2.42. The average molecular weight is 274 g/mol. The van der Waals surface area contributed by atoms with Gasteiger partial charge in [0, 0.05) is 12.6 Å². The van der Waals surface area contributed by atoms with Gasteiger partial charge in [-0.15, -0.1) is 0 Å². The van der Waals surface area contributed by atoms with E-state index >= 15 is 0 Å². The van der Waals surface area contributed by atoms with Crippen LogP contribution in [0.3, 0.4) is 0 Å². The molecule has 0 aliphatic heterocycles. The Hall–Kier alpha value is -1.79. The van der Waals surface area contributed by atoms with E-state index in [4.69, 9.17) is 10.2 Å². The molecule has 0 aliphatic carbocycles. The first kappa shape index (κ1) is 17.2. The summed E-state index contributed by atoms with van der Waals surface area (Å²) in [4.78, 5) is 34.9. The van der Waals surface area contributed by atoms with Gasteiger partial charge in [0.05, 0.1) is 6.42 Å². The Kier molecular flexibility index (Phi) is 6.89. The molecule has 0 heterocycles. The molecule has 0 saturated heterocycles. The summed E-state index contributed by atoms with van der Waals surface area (Å²) in [7, 11) is 0. The average Bonchev–Trinajstić information content (AvgIpc) is 2.23. The van der Waals surface area contributed by atoms with E-state index in [-0.39, 0.29) is 12.0 Å². The molecule has 19 heavy (non-hydrogen) atoms. The molecule has 7 heteroatoms. The first-order valence-corrected chi connectivity index (χ1v) is 6.16. The number of urea groups is 1. The zero-order valence-electron chi connectivity index (χ0n) is 11.7. The SMILES string of the molecule is CC(C)CN(C(=O)NC(CC(=O)O)C(=O)O)C(C)C. The molecule has 1 atom stereocenters. The number of aliphatic carboxylic acids is 2. The molecule has 0 rings (SSSR count). The Labute approximate surface area is 112 Å². The van der Waals surface area contributed by atoms with Gasteiger partial charge in [0.2, 0.25) is 0 Å². The molecule has 0 radical (unpaired) electrons. The number of carbonyl (C=O) groups excluding carboxylic acids is 1. The Morgan fingerprint density at radius 2 is 1.63 bits per heavy atom. The summed E-state index contributed by atoms with van der Waals surface area (Å²) in [5, 5.41) is 19.7. The van der Waals surface area contributed by atoms with Crippen LogP contribution in [0.15, 0.2) is 0 Å². The van der Waals surface area contributed by atoms with Crippen LogP contribution in [0.25, 0.3) is 0 Å². The number of hydrogen-bond donors (Lipinski definition) is 3. The molecule has 7 nitrogen and oxygen atoms in total.